The predicted molar refractivity (Wildman–Crippen MR) is 78.9 cm³/mol. The van der Waals surface area contributed by atoms with Crippen molar-refractivity contribution in [1.82, 2.24) is 0 Å². The van der Waals surface area contributed by atoms with Crippen LogP contribution in [0.1, 0.15) is 39.5 Å². The number of rotatable bonds is 9. The van der Waals surface area contributed by atoms with Crippen molar-refractivity contribution in [2.45, 2.75) is 39.5 Å². The van der Waals surface area contributed by atoms with E-state index in [-0.39, 0.29) is 17.2 Å². The lowest BCUT2D eigenvalue weighted by Gasteiger charge is -2.11. The molecule has 0 heterocycles. The second-order valence-corrected chi connectivity index (χ2v) is 4.85. The van der Waals surface area contributed by atoms with E-state index in [2.05, 4.69) is 0 Å². The summed E-state index contributed by atoms with van der Waals surface area (Å²) in [7, 11) is 0. The highest BCUT2D eigenvalue weighted by Gasteiger charge is 2.24. The third kappa shape index (κ3) is 4.89. The molecule has 0 atom stereocenters. The van der Waals surface area contributed by atoms with Crippen LogP contribution >= 0.6 is 11.6 Å². The highest BCUT2D eigenvalue weighted by Crippen LogP contribution is 2.40. The van der Waals surface area contributed by atoms with Gasteiger partial charge in [-0.15, -0.1) is 0 Å². The number of benzene rings is 1. The van der Waals surface area contributed by atoms with Gasteiger partial charge in [-0.1, -0.05) is 38.3 Å². The molecule has 0 aliphatic carbocycles. The number of nitro groups is 1. The molecule has 0 radical (unpaired) electrons. The summed E-state index contributed by atoms with van der Waals surface area (Å²) in [6.45, 7) is 4.89. The monoisotopic (exact) mass is 301 g/mol. The summed E-state index contributed by atoms with van der Waals surface area (Å²) in [5.74, 6) is 0.338. The summed E-state index contributed by atoms with van der Waals surface area (Å²) in [4.78, 5) is 10.7. The molecule has 0 fully saturated rings. The van der Waals surface area contributed by atoms with Crippen LogP contribution in [-0.4, -0.2) is 18.1 Å². The van der Waals surface area contributed by atoms with Gasteiger partial charge in [0.2, 0.25) is 11.5 Å². The van der Waals surface area contributed by atoms with Gasteiger partial charge in [-0.3, -0.25) is 10.1 Å². The molecule has 0 aliphatic rings. The van der Waals surface area contributed by atoms with Crippen molar-refractivity contribution in [3.05, 3.63) is 27.3 Å². The van der Waals surface area contributed by atoms with Crippen molar-refractivity contribution >= 4 is 17.3 Å². The maximum atomic E-state index is 11.2. The molecule has 5 nitrogen and oxygen atoms in total. The van der Waals surface area contributed by atoms with Crippen LogP contribution in [0.5, 0.6) is 11.5 Å². The second kappa shape index (κ2) is 8.64. The van der Waals surface area contributed by atoms with E-state index in [0.29, 0.717) is 18.2 Å². The predicted octanol–water partition coefficient (Wildman–Crippen LogP) is 4.61. The number of nitro benzene ring substituents is 1. The summed E-state index contributed by atoms with van der Waals surface area (Å²) < 4.78 is 10.9. The van der Waals surface area contributed by atoms with Crippen LogP contribution in [0, 0.1) is 10.1 Å². The summed E-state index contributed by atoms with van der Waals surface area (Å²) in [5.41, 5.74) is -0.151. The van der Waals surface area contributed by atoms with Crippen LogP contribution in [0.3, 0.4) is 0 Å². The van der Waals surface area contributed by atoms with Gasteiger partial charge >= 0.3 is 5.69 Å². The maximum Gasteiger partial charge on any atom is 0.352 e. The number of halogens is 1. The van der Waals surface area contributed by atoms with Crippen molar-refractivity contribution in [2.24, 2.45) is 0 Å². The fourth-order valence-corrected chi connectivity index (χ4v) is 1.80. The first-order chi connectivity index (χ1) is 9.60. The van der Waals surface area contributed by atoms with Crippen LogP contribution in [0.25, 0.3) is 0 Å². The minimum absolute atomic E-state index is 0.151. The Morgan fingerprint density at radius 2 is 1.55 bits per heavy atom. The number of nitrogens with zero attached hydrogens (tertiary/aromatic N) is 1. The Morgan fingerprint density at radius 1 is 1.10 bits per heavy atom. The maximum absolute atomic E-state index is 11.2. The van der Waals surface area contributed by atoms with Gasteiger partial charge in [0.05, 0.1) is 18.1 Å². The van der Waals surface area contributed by atoms with Crippen molar-refractivity contribution in [3.63, 3.8) is 0 Å². The number of hydrogen-bond acceptors (Lipinski definition) is 4. The van der Waals surface area contributed by atoms with Crippen molar-refractivity contribution in [2.75, 3.05) is 13.2 Å². The van der Waals surface area contributed by atoms with Gasteiger partial charge in [-0.05, 0) is 12.8 Å². The molecule has 1 rings (SSSR count). The Hall–Kier alpha value is -1.49. The highest BCUT2D eigenvalue weighted by molar-refractivity contribution is 6.31. The SMILES string of the molecule is CCCCOc1cc(Cl)cc(OCCCC)c1[N+](=O)[O-]. The first-order valence-corrected chi connectivity index (χ1v) is 7.21. The Kier molecular flexibility index (Phi) is 7.15. The minimum atomic E-state index is -0.487. The van der Waals surface area contributed by atoms with E-state index in [9.17, 15) is 10.1 Å². The van der Waals surface area contributed by atoms with Gasteiger partial charge in [0, 0.05) is 17.2 Å². The third-order valence-electron chi connectivity index (χ3n) is 2.70. The molecule has 0 saturated carbocycles. The fraction of sp³-hybridized carbons (Fsp3) is 0.571. The summed E-state index contributed by atoms with van der Waals surface area (Å²) in [6.07, 6.45) is 3.56. The molecule has 0 amide bonds. The Morgan fingerprint density at radius 3 is 1.90 bits per heavy atom. The lowest BCUT2D eigenvalue weighted by Crippen LogP contribution is -2.04. The molecule has 0 aromatic heterocycles. The van der Waals surface area contributed by atoms with Gasteiger partial charge in [0.15, 0.2) is 0 Å². The molecule has 0 aliphatic heterocycles. The molecule has 20 heavy (non-hydrogen) atoms. The normalized spacial score (nSPS) is 10.3. The third-order valence-corrected chi connectivity index (χ3v) is 2.92. The zero-order chi connectivity index (χ0) is 15.0. The van der Waals surface area contributed by atoms with Crippen molar-refractivity contribution in [3.8, 4) is 11.5 Å². The Bertz CT molecular complexity index is 420. The zero-order valence-corrected chi connectivity index (χ0v) is 12.6. The van der Waals surface area contributed by atoms with Crippen LogP contribution < -0.4 is 9.47 Å². The van der Waals surface area contributed by atoms with E-state index >= 15 is 0 Å². The summed E-state index contributed by atoms with van der Waals surface area (Å²) in [5, 5.41) is 11.6. The zero-order valence-electron chi connectivity index (χ0n) is 11.9. The molecule has 0 unspecified atom stereocenters. The molecule has 0 N–H and O–H groups in total. The fourth-order valence-electron chi connectivity index (χ4n) is 1.60. The number of ether oxygens (including phenoxy) is 2. The Balaban J connectivity index is 2.98. The molecule has 1 aromatic rings. The Labute approximate surface area is 124 Å². The van der Waals surface area contributed by atoms with Gasteiger partial charge < -0.3 is 9.47 Å². The minimum Gasteiger partial charge on any atom is -0.487 e. The lowest BCUT2D eigenvalue weighted by molar-refractivity contribution is -0.386. The van der Waals surface area contributed by atoms with Gasteiger partial charge in [0.1, 0.15) is 0 Å². The molecular weight excluding hydrogens is 282 g/mol. The molecule has 0 saturated heterocycles. The van der Waals surface area contributed by atoms with E-state index in [1.54, 1.807) is 0 Å². The standard InChI is InChI=1S/C14H20ClNO4/c1-3-5-7-19-12-9-11(15)10-13(14(12)16(17)18)20-8-6-4-2/h9-10H,3-8H2,1-2H3. The second-order valence-electron chi connectivity index (χ2n) is 4.41. The van der Waals surface area contributed by atoms with E-state index in [1.807, 2.05) is 13.8 Å². The topological polar surface area (TPSA) is 61.6 Å². The van der Waals surface area contributed by atoms with Gasteiger partial charge in [0.25, 0.3) is 0 Å². The molecular formula is C14H20ClNO4. The van der Waals surface area contributed by atoms with Crippen molar-refractivity contribution < 1.29 is 14.4 Å². The number of hydrogen-bond donors (Lipinski definition) is 0. The van der Waals surface area contributed by atoms with Gasteiger partial charge in [-0.2, -0.15) is 0 Å². The molecule has 0 bridgehead atoms. The molecule has 0 spiro atoms. The van der Waals surface area contributed by atoms with E-state index in [1.165, 1.54) is 12.1 Å². The van der Waals surface area contributed by atoms with Crippen LogP contribution in [-0.2, 0) is 0 Å². The van der Waals surface area contributed by atoms with Crippen LogP contribution in [0.4, 0.5) is 5.69 Å². The lowest BCUT2D eigenvalue weighted by atomic mass is 10.2. The van der Waals surface area contributed by atoms with E-state index in [4.69, 9.17) is 21.1 Å². The quantitative estimate of drug-likeness (QED) is 0.380. The summed E-state index contributed by atoms with van der Waals surface area (Å²) in [6, 6.07) is 2.92. The smallest absolute Gasteiger partial charge is 0.352 e. The highest BCUT2D eigenvalue weighted by atomic mass is 35.5. The first-order valence-electron chi connectivity index (χ1n) is 6.83. The van der Waals surface area contributed by atoms with Gasteiger partial charge in [-0.25, -0.2) is 0 Å². The van der Waals surface area contributed by atoms with E-state index in [0.717, 1.165) is 25.7 Å². The van der Waals surface area contributed by atoms with Crippen molar-refractivity contribution in [1.29, 1.82) is 0 Å². The summed E-state index contributed by atoms with van der Waals surface area (Å²) >= 11 is 5.97. The molecule has 112 valence electrons. The average molecular weight is 302 g/mol. The van der Waals surface area contributed by atoms with Crippen LogP contribution in [0.2, 0.25) is 5.02 Å². The molecule has 6 heteroatoms. The van der Waals surface area contributed by atoms with Crippen LogP contribution in [0.15, 0.2) is 12.1 Å². The number of unbranched alkanes of at least 4 members (excludes halogenated alkanes) is 2. The largest absolute Gasteiger partial charge is 0.487 e. The first kappa shape index (κ1) is 16.6. The average Bonchev–Trinajstić information content (AvgIpc) is 2.38. The van der Waals surface area contributed by atoms with E-state index < -0.39 is 4.92 Å². The molecule has 1 aromatic carbocycles.